The molecule has 0 saturated heterocycles. The van der Waals surface area contributed by atoms with Crippen molar-refractivity contribution in [2.24, 2.45) is 0 Å². The Hall–Kier alpha value is -3.33. The molecule has 10 heteroatoms. The Balaban J connectivity index is 4.23. The summed E-state index contributed by atoms with van der Waals surface area (Å²) >= 11 is 0. The molecule has 0 fully saturated rings. The third-order valence-corrected chi connectivity index (χ3v) is 8.36. The first-order valence-electron chi connectivity index (χ1n) is 20.3. The lowest BCUT2D eigenvalue weighted by molar-refractivity contribution is -0.161. The van der Waals surface area contributed by atoms with E-state index in [0.717, 1.165) is 70.6 Å². The van der Waals surface area contributed by atoms with Gasteiger partial charge in [0.25, 0.3) is 0 Å². The van der Waals surface area contributed by atoms with Crippen LogP contribution < -0.4 is 0 Å². The maximum atomic E-state index is 12.4. The van der Waals surface area contributed by atoms with Gasteiger partial charge in [0.2, 0.25) is 0 Å². The SMILES string of the molecule is CC/C=C\C/C=C\C/C=C\C/C=C\C/C=C\CCCCCC(=O)OC[C@H](COP(=O)(O)O)OC(=O)CCC[C@@H](O)/C=C/C=C\C/C=C\C/C=C\CCCCC. The van der Waals surface area contributed by atoms with Gasteiger partial charge in [-0.05, 0) is 89.9 Å². The lowest BCUT2D eigenvalue weighted by atomic mass is 10.1. The molecule has 9 nitrogen and oxygen atoms in total. The first kappa shape index (κ1) is 51.7. The number of unbranched alkanes of at least 4 members (excludes halogenated alkanes) is 6. The first-order valence-corrected chi connectivity index (χ1v) is 21.8. The smallest absolute Gasteiger partial charge is 0.462 e. The highest BCUT2D eigenvalue weighted by atomic mass is 31.2. The van der Waals surface area contributed by atoms with E-state index in [2.05, 4.69) is 103 Å². The summed E-state index contributed by atoms with van der Waals surface area (Å²) in [6.07, 6.45) is 51.2. The van der Waals surface area contributed by atoms with E-state index in [1.54, 1.807) is 12.2 Å². The lowest BCUT2D eigenvalue weighted by Crippen LogP contribution is -2.29. The normalized spacial score (nSPS) is 14.2. The van der Waals surface area contributed by atoms with Crippen LogP contribution in [0.3, 0.4) is 0 Å². The Bertz CT molecular complexity index is 1270. The Kier molecular flexibility index (Phi) is 36.6. The van der Waals surface area contributed by atoms with Crippen LogP contribution in [0, 0.1) is 0 Å². The molecule has 0 aromatic carbocycles. The number of ether oxygens (including phenoxy) is 2. The molecule has 0 radical (unpaired) electrons. The molecular formula is C45H71O9P. The van der Waals surface area contributed by atoms with E-state index in [0.29, 0.717) is 19.3 Å². The largest absolute Gasteiger partial charge is 0.469 e. The summed E-state index contributed by atoms with van der Waals surface area (Å²) in [5.74, 6) is -1.14. The van der Waals surface area contributed by atoms with E-state index in [4.69, 9.17) is 19.3 Å². The highest BCUT2D eigenvalue weighted by molar-refractivity contribution is 7.46. The average Bonchev–Trinajstić information content (AvgIpc) is 3.15. The number of carbonyl (C=O) groups excluding carboxylic acids is 2. The molecule has 0 amide bonds. The third-order valence-electron chi connectivity index (χ3n) is 7.88. The van der Waals surface area contributed by atoms with Crippen LogP contribution in [0.4, 0.5) is 0 Å². The summed E-state index contributed by atoms with van der Waals surface area (Å²) < 4.78 is 26.2. The molecule has 0 aliphatic heterocycles. The number of carbonyl (C=O) groups is 2. The molecule has 55 heavy (non-hydrogen) atoms. The van der Waals surface area contributed by atoms with Gasteiger partial charge in [-0.2, -0.15) is 0 Å². The van der Waals surface area contributed by atoms with E-state index in [9.17, 15) is 19.3 Å². The predicted molar refractivity (Wildman–Crippen MR) is 226 cm³/mol. The van der Waals surface area contributed by atoms with Gasteiger partial charge in [-0.3, -0.25) is 14.1 Å². The van der Waals surface area contributed by atoms with Gasteiger partial charge in [0, 0.05) is 12.8 Å². The van der Waals surface area contributed by atoms with Crippen LogP contribution in [0.5, 0.6) is 0 Å². The molecule has 0 heterocycles. The summed E-state index contributed by atoms with van der Waals surface area (Å²) in [6, 6.07) is 0. The van der Waals surface area contributed by atoms with Crippen molar-refractivity contribution in [1.29, 1.82) is 0 Å². The fraction of sp³-hybridized carbons (Fsp3) is 0.556. The zero-order chi connectivity index (χ0) is 40.5. The lowest BCUT2D eigenvalue weighted by Gasteiger charge is -2.18. The van der Waals surface area contributed by atoms with Crippen molar-refractivity contribution >= 4 is 19.8 Å². The van der Waals surface area contributed by atoms with Crippen molar-refractivity contribution in [2.75, 3.05) is 13.2 Å². The predicted octanol–water partition coefficient (Wildman–Crippen LogP) is 11.4. The van der Waals surface area contributed by atoms with Gasteiger partial charge < -0.3 is 24.4 Å². The maximum Gasteiger partial charge on any atom is 0.469 e. The van der Waals surface area contributed by atoms with E-state index < -0.39 is 38.6 Å². The quantitative estimate of drug-likeness (QED) is 0.0188. The minimum Gasteiger partial charge on any atom is -0.462 e. The van der Waals surface area contributed by atoms with Crippen molar-refractivity contribution < 1.29 is 43.0 Å². The molecule has 0 aliphatic carbocycles. The number of esters is 2. The zero-order valence-corrected chi connectivity index (χ0v) is 34.5. The molecule has 0 saturated carbocycles. The molecule has 310 valence electrons. The van der Waals surface area contributed by atoms with Crippen LogP contribution in [0.25, 0.3) is 0 Å². The van der Waals surface area contributed by atoms with Gasteiger partial charge in [0.15, 0.2) is 6.10 Å². The zero-order valence-electron chi connectivity index (χ0n) is 33.6. The Morgan fingerprint density at radius 3 is 1.64 bits per heavy atom. The molecular weight excluding hydrogens is 715 g/mol. The van der Waals surface area contributed by atoms with Crippen LogP contribution in [0.2, 0.25) is 0 Å². The van der Waals surface area contributed by atoms with Crippen molar-refractivity contribution in [3.8, 4) is 0 Å². The molecule has 0 unspecified atom stereocenters. The van der Waals surface area contributed by atoms with E-state index >= 15 is 0 Å². The molecule has 0 spiro atoms. The second-order valence-electron chi connectivity index (χ2n) is 13.1. The topological polar surface area (TPSA) is 140 Å². The molecule has 0 bridgehead atoms. The van der Waals surface area contributed by atoms with Gasteiger partial charge in [0.05, 0.1) is 12.7 Å². The van der Waals surface area contributed by atoms with Crippen LogP contribution in [-0.4, -0.2) is 52.3 Å². The van der Waals surface area contributed by atoms with Crippen LogP contribution >= 0.6 is 7.82 Å². The summed E-state index contributed by atoms with van der Waals surface area (Å²) in [5.41, 5.74) is 0. The fourth-order valence-electron chi connectivity index (χ4n) is 4.85. The Labute approximate surface area is 332 Å². The molecule has 0 aromatic rings. The number of phosphoric acid groups is 1. The summed E-state index contributed by atoms with van der Waals surface area (Å²) in [6.45, 7) is 3.33. The number of allylic oxidation sites excluding steroid dienone is 17. The highest BCUT2D eigenvalue weighted by Gasteiger charge is 2.23. The molecule has 0 aliphatic rings. The van der Waals surface area contributed by atoms with Crippen LogP contribution in [0.15, 0.2) is 109 Å². The molecule has 0 rings (SSSR count). The summed E-state index contributed by atoms with van der Waals surface area (Å²) in [4.78, 5) is 42.8. The van der Waals surface area contributed by atoms with Gasteiger partial charge in [-0.1, -0.05) is 142 Å². The van der Waals surface area contributed by atoms with Gasteiger partial charge in [-0.25, -0.2) is 4.57 Å². The Morgan fingerprint density at radius 2 is 1.09 bits per heavy atom. The van der Waals surface area contributed by atoms with Crippen molar-refractivity contribution in [2.45, 2.75) is 148 Å². The maximum absolute atomic E-state index is 12.4. The number of phosphoric ester groups is 1. The van der Waals surface area contributed by atoms with Gasteiger partial charge in [-0.15, -0.1) is 0 Å². The molecule has 0 aromatic heterocycles. The van der Waals surface area contributed by atoms with Crippen molar-refractivity contribution in [3.63, 3.8) is 0 Å². The average molecular weight is 787 g/mol. The highest BCUT2D eigenvalue weighted by Crippen LogP contribution is 2.36. The fourth-order valence-corrected chi connectivity index (χ4v) is 5.21. The van der Waals surface area contributed by atoms with Crippen LogP contribution in [0.1, 0.15) is 136 Å². The summed E-state index contributed by atoms with van der Waals surface area (Å²) in [5, 5.41) is 10.2. The number of hydrogen-bond acceptors (Lipinski definition) is 7. The van der Waals surface area contributed by atoms with Gasteiger partial charge >= 0.3 is 19.8 Å². The summed E-state index contributed by atoms with van der Waals surface area (Å²) in [7, 11) is -4.82. The van der Waals surface area contributed by atoms with E-state index in [1.807, 2.05) is 12.2 Å². The van der Waals surface area contributed by atoms with Crippen molar-refractivity contribution in [1.82, 2.24) is 0 Å². The second kappa shape index (κ2) is 38.9. The second-order valence-corrected chi connectivity index (χ2v) is 14.3. The number of hydrogen-bond donors (Lipinski definition) is 3. The molecule has 2 atom stereocenters. The minimum absolute atomic E-state index is 0.0309. The number of aliphatic hydroxyl groups excluding tert-OH is 1. The monoisotopic (exact) mass is 786 g/mol. The minimum atomic E-state index is -4.82. The van der Waals surface area contributed by atoms with E-state index in [1.165, 1.54) is 19.3 Å². The van der Waals surface area contributed by atoms with Gasteiger partial charge in [0.1, 0.15) is 6.61 Å². The standard InChI is InChI=1S/C45H71O9P/c1-3-5-7-9-11-13-15-17-18-19-20-21-22-24-26-28-30-32-34-38-44(47)52-40-43(41-53-55(49,50)51)54-45(48)39-35-37-42(46)36-33-31-29-27-25-23-16-14-12-10-8-6-4-2/h5,7,11-14,17-18,20-21,23-26,29,31,33,36,42-43,46H,3-4,6,8-10,15-16,19,22,27-28,30,32,34-35,37-41H2,1-2H3,(H2,49,50,51)/b7-5-,13-11-,14-12-,18-17-,21-20-,25-23-,26-24-,31-29-,36-33+/t42-,43+/m0/s1. The third kappa shape index (κ3) is 41.7. The number of rotatable bonds is 35. The van der Waals surface area contributed by atoms with Crippen LogP contribution in [-0.2, 0) is 28.2 Å². The number of aliphatic hydroxyl groups is 1. The van der Waals surface area contributed by atoms with Crippen molar-refractivity contribution in [3.05, 3.63) is 109 Å². The molecule has 3 N–H and O–H groups in total. The van der Waals surface area contributed by atoms with E-state index in [-0.39, 0.29) is 19.4 Å². The Morgan fingerprint density at radius 1 is 0.582 bits per heavy atom. The first-order chi connectivity index (χ1) is 26.7.